The lowest BCUT2D eigenvalue weighted by molar-refractivity contribution is 0.162. The molecule has 6 heteroatoms. The van der Waals surface area contributed by atoms with E-state index in [0.29, 0.717) is 12.1 Å². The number of anilines is 1. The number of benzene rings is 1. The molecule has 0 saturated carbocycles. The van der Waals surface area contributed by atoms with Gasteiger partial charge in [-0.25, -0.2) is 4.98 Å². The number of fused-ring (bicyclic) bond motifs is 3. The fourth-order valence-corrected chi connectivity index (χ4v) is 6.37. The molecule has 2 saturated heterocycles. The van der Waals surface area contributed by atoms with Gasteiger partial charge in [-0.15, -0.1) is 0 Å². The summed E-state index contributed by atoms with van der Waals surface area (Å²) in [6, 6.07) is 12.1. The van der Waals surface area contributed by atoms with Gasteiger partial charge >= 0.3 is 0 Å². The van der Waals surface area contributed by atoms with Gasteiger partial charge in [0.2, 0.25) is 0 Å². The molecular formula is C27H36N6. The van der Waals surface area contributed by atoms with E-state index in [1.54, 1.807) is 0 Å². The number of hydrogen-bond acceptors (Lipinski definition) is 5. The Kier molecular flexibility index (Phi) is 5.80. The van der Waals surface area contributed by atoms with Crippen molar-refractivity contribution in [1.82, 2.24) is 24.8 Å². The van der Waals surface area contributed by atoms with Crippen molar-refractivity contribution in [3.8, 4) is 0 Å². The number of aromatic nitrogens is 3. The molecule has 2 atom stereocenters. The molecule has 33 heavy (non-hydrogen) atoms. The molecular weight excluding hydrogens is 408 g/mol. The van der Waals surface area contributed by atoms with E-state index < -0.39 is 0 Å². The Balaban J connectivity index is 1.27. The molecule has 0 bridgehead atoms. The first-order valence-corrected chi connectivity index (χ1v) is 12.9. The monoisotopic (exact) mass is 444 g/mol. The van der Waals surface area contributed by atoms with Gasteiger partial charge in [-0.05, 0) is 75.4 Å². The summed E-state index contributed by atoms with van der Waals surface area (Å²) in [7, 11) is 0. The summed E-state index contributed by atoms with van der Waals surface area (Å²) in [6.07, 6.45) is 9.35. The Morgan fingerprint density at radius 1 is 1.09 bits per heavy atom. The molecule has 0 unspecified atom stereocenters. The maximum Gasteiger partial charge on any atom is 0.121 e. The molecule has 174 valence electrons. The van der Waals surface area contributed by atoms with E-state index in [0.717, 1.165) is 55.9 Å². The second-order valence-corrected chi connectivity index (χ2v) is 10.1. The molecule has 4 heterocycles. The van der Waals surface area contributed by atoms with Gasteiger partial charge in [0, 0.05) is 31.9 Å². The van der Waals surface area contributed by atoms with Crippen molar-refractivity contribution in [2.24, 2.45) is 0 Å². The molecule has 0 amide bonds. The van der Waals surface area contributed by atoms with E-state index in [2.05, 4.69) is 56.9 Å². The van der Waals surface area contributed by atoms with E-state index in [1.807, 2.05) is 6.20 Å². The molecule has 2 aliphatic heterocycles. The van der Waals surface area contributed by atoms with E-state index in [9.17, 15) is 0 Å². The highest BCUT2D eigenvalue weighted by Gasteiger charge is 2.32. The highest BCUT2D eigenvalue weighted by Crippen LogP contribution is 2.34. The third-order valence-corrected chi connectivity index (χ3v) is 7.94. The van der Waals surface area contributed by atoms with Crippen LogP contribution in [0.25, 0.3) is 11.0 Å². The van der Waals surface area contributed by atoms with Crippen LogP contribution in [0.1, 0.15) is 62.2 Å². The average Bonchev–Trinajstić information content (AvgIpc) is 3.49. The molecule has 6 nitrogen and oxygen atoms in total. The fourth-order valence-electron chi connectivity index (χ4n) is 6.37. The smallest absolute Gasteiger partial charge is 0.121 e. The summed E-state index contributed by atoms with van der Waals surface area (Å²) in [4.78, 5) is 21.5. The predicted octanol–water partition coefficient (Wildman–Crippen LogP) is 4.53. The summed E-state index contributed by atoms with van der Waals surface area (Å²) in [6.45, 7) is 8.87. The molecule has 1 N–H and O–H groups in total. The zero-order chi connectivity index (χ0) is 22.2. The van der Waals surface area contributed by atoms with Crippen molar-refractivity contribution in [3.63, 3.8) is 0 Å². The first kappa shape index (κ1) is 21.1. The van der Waals surface area contributed by atoms with E-state index in [-0.39, 0.29) is 0 Å². The number of H-pyrrole nitrogens is 1. The van der Waals surface area contributed by atoms with Crippen molar-refractivity contribution in [2.75, 3.05) is 37.6 Å². The molecule has 1 aromatic carbocycles. The lowest BCUT2D eigenvalue weighted by Gasteiger charge is -2.38. The van der Waals surface area contributed by atoms with Crippen molar-refractivity contribution >= 4 is 16.7 Å². The topological polar surface area (TPSA) is 51.3 Å². The van der Waals surface area contributed by atoms with Gasteiger partial charge in [0.15, 0.2) is 0 Å². The first-order chi connectivity index (χ1) is 16.3. The molecule has 3 aliphatic rings. The van der Waals surface area contributed by atoms with Crippen LogP contribution in [-0.4, -0.2) is 63.5 Å². The van der Waals surface area contributed by atoms with Crippen LogP contribution in [0.2, 0.25) is 0 Å². The van der Waals surface area contributed by atoms with Crippen LogP contribution in [0.5, 0.6) is 0 Å². The number of para-hydroxylation sites is 1. The Morgan fingerprint density at radius 2 is 2.06 bits per heavy atom. The van der Waals surface area contributed by atoms with Crippen LogP contribution < -0.4 is 4.90 Å². The van der Waals surface area contributed by atoms with Crippen molar-refractivity contribution in [2.45, 2.75) is 64.1 Å². The average molecular weight is 445 g/mol. The van der Waals surface area contributed by atoms with E-state index in [1.165, 1.54) is 55.7 Å². The molecule has 2 fully saturated rings. The highest BCUT2D eigenvalue weighted by atomic mass is 15.3. The Hall–Kier alpha value is -2.44. The number of pyridine rings is 1. The number of hydrogen-bond donors (Lipinski definition) is 1. The van der Waals surface area contributed by atoms with Gasteiger partial charge in [-0.2, -0.15) is 0 Å². The van der Waals surface area contributed by atoms with Crippen LogP contribution in [0.15, 0.2) is 36.5 Å². The highest BCUT2D eigenvalue weighted by molar-refractivity contribution is 5.89. The fraction of sp³-hybridized carbons (Fsp3) is 0.556. The largest absolute Gasteiger partial charge is 0.367 e. The van der Waals surface area contributed by atoms with Crippen LogP contribution in [0.3, 0.4) is 0 Å². The lowest BCUT2D eigenvalue weighted by atomic mass is 9.90. The maximum absolute atomic E-state index is 5.17. The summed E-state index contributed by atoms with van der Waals surface area (Å²) >= 11 is 0. The van der Waals surface area contributed by atoms with Crippen LogP contribution in [0, 0.1) is 0 Å². The minimum absolute atomic E-state index is 0.387. The number of imidazole rings is 1. The quantitative estimate of drug-likeness (QED) is 0.605. The van der Waals surface area contributed by atoms with Gasteiger partial charge in [-0.3, -0.25) is 14.8 Å². The number of nitrogens with one attached hydrogen (secondary N) is 1. The van der Waals surface area contributed by atoms with Crippen molar-refractivity contribution in [1.29, 1.82) is 0 Å². The lowest BCUT2D eigenvalue weighted by Crippen LogP contribution is -2.50. The summed E-state index contributed by atoms with van der Waals surface area (Å²) < 4.78 is 0. The van der Waals surface area contributed by atoms with E-state index in [4.69, 9.17) is 9.97 Å². The van der Waals surface area contributed by atoms with Gasteiger partial charge in [0.25, 0.3) is 0 Å². The van der Waals surface area contributed by atoms with Gasteiger partial charge in [-0.1, -0.05) is 19.1 Å². The number of rotatable bonds is 6. The standard InChI is InChI=1S/C27H36N6/c1-2-14-32(23-11-3-7-20-8-5-13-28-26(20)23)19-25-29-22-10-4-12-24(27(22)30-25)33-17-16-31-15-6-9-21(31)18-33/h4-5,8,10,12-13,21,23H,2-3,6-7,9,11,14-19H2,1H3,(H,29,30)/t21-,23+/m1/s1. The van der Waals surface area contributed by atoms with Gasteiger partial charge < -0.3 is 9.88 Å². The van der Waals surface area contributed by atoms with Crippen LogP contribution >= 0.6 is 0 Å². The molecule has 2 aromatic heterocycles. The van der Waals surface area contributed by atoms with Crippen LogP contribution in [0.4, 0.5) is 5.69 Å². The second kappa shape index (κ2) is 9.07. The van der Waals surface area contributed by atoms with Gasteiger partial charge in [0.1, 0.15) is 11.3 Å². The third-order valence-electron chi connectivity index (χ3n) is 7.94. The molecule has 1 aliphatic carbocycles. The number of aryl methyl sites for hydroxylation is 1. The number of aromatic amines is 1. The van der Waals surface area contributed by atoms with Crippen molar-refractivity contribution < 1.29 is 0 Å². The molecule has 3 aromatic rings. The third kappa shape index (κ3) is 4.04. The summed E-state index contributed by atoms with van der Waals surface area (Å²) in [5.74, 6) is 1.08. The SMILES string of the molecule is CCCN(Cc1nc2c(N3CCN4CCC[C@@H]4C3)cccc2[nH]1)[C@H]1CCCc2cccnc21. The minimum atomic E-state index is 0.387. The van der Waals surface area contributed by atoms with Crippen LogP contribution in [-0.2, 0) is 13.0 Å². The Morgan fingerprint density at radius 3 is 3.00 bits per heavy atom. The zero-order valence-electron chi connectivity index (χ0n) is 19.8. The molecule has 0 spiro atoms. The summed E-state index contributed by atoms with van der Waals surface area (Å²) in [5.41, 5.74) is 6.30. The maximum atomic E-state index is 5.17. The minimum Gasteiger partial charge on any atom is -0.367 e. The summed E-state index contributed by atoms with van der Waals surface area (Å²) in [5, 5.41) is 0. The normalized spacial score (nSPS) is 23.3. The van der Waals surface area contributed by atoms with Crippen molar-refractivity contribution in [3.05, 3.63) is 53.6 Å². The number of piperazine rings is 1. The Bertz CT molecular complexity index is 1110. The molecule has 6 rings (SSSR count). The Labute approximate surface area is 197 Å². The number of nitrogens with zero attached hydrogens (tertiary/aromatic N) is 5. The van der Waals surface area contributed by atoms with E-state index >= 15 is 0 Å². The first-order valence-electron chi connectivity index (χ1n) is 12.9. The second-order valence-electron chi connectivity index (χ2n) is 10.1. The predicted molar refractivity (Wildman–Crippen MR) is 134 cm³/mol. The van der Waals surface area contributed by atoms with Gasteiger partial charge in [0.05, 0.1) is 29.5 Å². The zero-order valence-corrected chi connectivity index (χ0v) is 19.8. The molecule has 0 radical (unpaired) electrons.